The van der Waals surface area contributed by atoms with Crippen LogP contribution < -0.4 is 19.6 Å². The standard InChI is InChI=1S/C40H48Cl2N4O7/c1-51-33-23-28(24-34(52-2)35(33)53-3)36(47)45-22-14-39(26-45,30-9-10-31(41)32(42)25-30)13-19-44-20-15-40(16-21-44,29-7-5-4-6-8-29)38(50)43-46-17-11-27(12-18-46)37(48)49/h4-10,23-25,27H,11-22,26H2,1-3H3,(H,43,50)(H,48,49)/t39-/m0/s1. The van der Waals surface area contributed by atoms with E-state index in [0.29, 0.717) is 84.7 Å². The number of carboxylic acids is 1. The van der Waals surface area contributed by atoms with Gasteiger partial charge >= 0.3 is 5.97 Å². The molecule has 0 saturated carbocycles. The van der Waals surface area contributed by atoms with Gasteiger partial charge in [0, 0.05) is 37.2 Å². The number of methoxy groups -OCH3 is 3. The lowest BCUT2D eigenvalue weighted by molar-refractivity contribution is -0.144. The summed E-state index contributed by atoms with van der Waals surface area (Å²) in [5.74, 6) is -0.0665. The number of aliphatic carboxylic acids is 1. The number of hydrogen-bond donors (Lipinski definition) is 2. The number of nitrogens with one attached hydrogen (secondary N) is 1. The Bertz CT molecular complexity index is 1770. The lowest BCUT2D eigenvalue weighted by Crippen LogP contribution is -2.57. The minimum Gasteiger partial charge on any atom is -0.493 e. The first-order chi connectivity index (χ1) is 25.5. The summed E-state index contributed by atoms with van der Waals surface area (Å²) in [5.41, 5.74) is 4.55. The predicted molar refractivity (Wildman–Crippen MR) is 203 cm³/mol. The second-order valence-corrected chi connectivity index (χ2v) is 15.2. The van der Waals surface area contributed by atoms with Crippen LogP contribution in [0.15, 0.2) is 60.7 Å². The van der Waals surface area contributed by atoms with Gasteiger partial charge in [-0.3, -0.25) is 19.8 Å². The number of amides is 2. The number of likely N-dealkylation sites (tertiary alicyclic amines) is 2. The molecule has 284 valence electrons. The molecule has 13 heteroatoms. The summed E-state index contributed by atoms with van der Waals surface area (Å²) in [5, 5.41) is 12.3. The van der Waals surface area contributed by atoms with Crippen molar-refractivity contribution in [3.8, 4) is 17.2 Å². The third kappa shape index (κ3) is 8.09. The van der Waals surface area contributed by atoms with E-state index in [9.17, 15) is 19.5 Å². The molecule has 3 aliphatic heterocycles. The molecule has 3 aliphatic rings. The van der Waals surface area contributed by atoms with Crippen molar-refractivity contribution in [2.24, 2.45) is 5.92 Å². The highest BCUT2D eigenvalue weighted by Crippen LogP contribution is 2.43. The van der Waals surface area contributed by atoms with E-state index in [1.165, 1.54) is 21.3 Å². The second kappa shape index (κ2) is 16.5. The maximum Gasteiger partial charge on any atom is 0.306 e. The Morgan fingerprint density at radius 1 is 0.811 bits per heavy atom. The van der Waals surface area contributed by atoms with E-state index in [1.54, 1.807) is 12.1 Å². The summed E-state index contributed by atoms with van der Waals surface area (Å²) >= 11 is 12.9. The van der Waals surface area contributed by atoms with Crippen LogP contribution in [0.1, 0.15) is 60.0 Å². The summed E-state index contributed by atoms with van der Waals surface area (Å²) in [7, 11) is 4.59. The SMILES string of the molecule is COc1cc(C(=O)N2CC[C@](CCN3CCC(C(=O)NN4CCC(C(=O)O)CC4)(c4ccccc4)CC3)(c3ccc(Cl)c(Cl)c3)C2)cc(OC)c1OC. The van der Waals surface area contributed by atoms with E-state index in [1.807, 2.05) is 58.4 Å². The van der Waals surface area contributed by atoms with Crippen molar-refractivity contribution in [3.05, 3.63) is 87.4 Å². The normalized spacial score (nSPS) is 20.9. The Hall–Kier alpha value is -4.03. The molecule has 3 aromatic carbocycles. The smallest absolute Gasteiger partial charge is 0.306 e. The van der Waals surface area contributed by atoms with E-state index < -0.39 is 11.4 Å². The lowest BCUT2D eigenvalue weighted by atomic mass is 9.71. The topological polar surface area (TPSA) is 121 Å². The second-order valence-electron chi connectivity index (χ2n) is 14.4. The van der Waals surface area contributed by atoms with E-state index in [-0.39, 0.29) is 23.1 Å². The quantitative estimate of drug-likeness (QED) is 0.227. The minimum atomic E-state index is -0.777. The number of hydrazine groups is 1. The fourth-order valence-electron chi connectivity index (χ4n) is 8.27. The molecule has 2 amide bonds. The van der Waals surface area contributed by atoms with Crippen LogP contribution >= 0.6 is 23.2 Å². The zero-order valence-electron chi connectivity index (χ0n) is 30.5. The first-order valence-electron chi connectivity index (χ1n) is 18.1. The van der Waals surface area contributed by atoms with Gasteiger partial charge in [0.05, 0.1) is 42.7 Å². The van der Waals surface area contributed by atoms with Crippen molar-refractivity contribution in [1.29, 1.82) is 0 Å². The number of hydrogen-bond acceptors (Lipinski definition) is 8. The number of ether oxygens (including phenoxy) is 3. The van der Waals surface area contributed by atoms with E-state index in [2.05, 4.69) is 10.3 Å². The molecular formula is C40H48Cl2N4O7. The summed E-state index contributed by atoms with van der Waals surface area (Å²) < 4.78 is 16.5. The first kappa shape index (κ1) is 38.7. The van der Waals surface area contributed by atoms with Crippen LogP contribution in [-0.4, -0.2) is 105 Å². The van der Waals surface area contributed by atoms with Crippen molar-refractivity contribution < 1.29 is 33.7 Å². The molecule has 3 fully saturated rings. The summed E-state index contributed by atoms with van der Waals surface area (Å²) in [6.45, 7) is 4.26. The molecule has 6 rings (SSSR count). The number of carboxylic acid groups (broad SMARTS) is 1. The molecule has 0 aliphatic carbocycles. The average molecular weight is 768 g/mol. The summed E-state index contributed by atoms with van der Waals surface area (Å²) in [4.78, 5) is 43.9. The Balaban J connectivity index is 1.18. The van der Waals surface area contributed by atoms with Crippen LogP contribution in [-0.2, 0) is 20.4 Å². The van der Waals surface area contributed by atoms with E-state index in [4.69, 9.17) is 37.4 Å². The van der Waals surface area contributed by atoms with Crippen molar-refractivity contribution >= 4 is 41.0 Å². The maximum atomic E-state index is 14.1. The molecule has 0 unspecified atom stereocenters. The van der Waals surface area contributed by atoms with Gasteiger partial charge in [-0.2, -0.15) is 0 Å². The monoisotopic (exact) mass is 766 g/mol. The van der Waals surface area contributed by atoms with Crippen LogP contribution in [0.4, 0.5) is 0 Å². The predicted octanol–water partition coefficient (Wildman–Crippen LogP) is 6.05. The van der Waals surface area contributed by atoms with Gasteiger partial charge in [-0.15, -0.1) is 0 Å². The van der Waals surface area contributed by atoms with Gasteiger partial charge in [0.2, 0.25) is 11.7 Å². The van der Waals surface area contributed by atoms with Crippen LogP contribution in [0.3, 0.4) is 0 Å². The molecule has 0 bridgehead atoms. The van der Waals surface area contributed by atoms with Crippen LogP contribution in [0.25, 0.3) is 0 Å². The number of nitrogens with zero attached hydrogens (tertiary/aromatic N) is 3. The number of piperidine rings is 2. The molecule has 0 radical (unpaired) electrons. The lowest BCUT2D eigenvalue weighted by Gasteiger charge is -2.43. The maximum absolute atomic E-state index is 14.1. The van der Waals surface area contributed by atoms with Crippen LogP contribution in [0.5, 0.6) is 17.2 Å². The molecular weight excluding hydrogens is 719 g/mol. The van der Waals surface area contributed by atoms with Crippen molar-refractivity contribution in [1.82, 2.24) is 20.2 Å². The molecule has 2 N–H and O–H groups in total. The molecule has 3 heterocycles. The van der Waals surface area contributed by atoms with Gasteiger partial charge in [-0.25, -0.2) is 5.01 Å². The third-order valence-electron chi connectivity index (χ3n) is 11.6. The van der Waals surface area contributed by atoms with Gasteiger partial charge < -0.3 is 29.1 Å². The highest BCUT2D eigenvalue weighted by Gasteiger charge is 2.46. The number of carbonyl (C=O) groups excluding carboxylic acids is 2. The van der Waals surface area contributed by atoms with Crippen molar-refractivity contribution in [2.75, 3.05) is 67.1 Å². The Morgan fingerprint density at radius 2 is 1.47 bits per heavy atom. The average Bonchev–Trinajstić information content (AvgIpc) is 3.63. The van der Waals surface area contributed by atoms with Crippen LogP contribution in [0.2, 0.25) is 10.0 Å². The number of carbonyl (C=O) groups is 3. The first-order valence-corrected chi connectivity index (χ1v) is 18.9. The number of halogens is 2. The van der Waals surface area contributed by atoms with Gasteiger partial charge in [-0.1, -0.05) is 59.6 Å². The largest absolute Gasteiger partial charge is 0.493 e. The van der Waals surface area contributed by atoms with E-state index in [0.717, 1.165) is 43.6 Å². The fourth-order valence-corrected chi connectivity index (χ4v) is 8.56. The molecule has 1 atom stereocenters. The fraction of sp³-hybridized carbons (Fsp3) is 0.475. The minimum absolute atomic E-state index is 0.0406. The highest BCUT2D eigenvalue weighted by atomic mass is 35.5. The van der Waals surface area contributed by atoms with Gasteiger partial charge in [-0.05, 0) is 93.6 Å². The third-order valence-corrected chi connectivity index (χ3v) is 12.3. The van der Waals surface area contributed by atoms with Gasteiger partial charge in [0.25, 0.3) is 5.91 Å². The molecule has 0 aromatic heterocycles. The zero-order valence-corrected chi connectivity index (χ0v) is 32.0. The van der Waals surface area contributed by atoms with Crippen molar-refractivity contribution in [2.45, 2.75) is 49.4 Å². The number of rotatable bonds is 12. The Morgan fingerprint density at radius 3 is 2.06 bits per heavy atom. The summed E-state index contributed by atoms with van der Waals surface area (Å²) in [6.07, 6.45) is 3.80. The van der Waals surface area contributed by atoms with Crippen LogP contribution in [0, 0.1) is 5.92 Å². The molecule has 0 spiro atoms. The Labute approximate surface area is 321 Å². The Kier molecular flexibility index (Phi) is 12.1. The van der Waals surface area contributed by atoms with Gasteiger partial charge in [0.15, 0.2) is 11.5 Å². The zero-order chi connectivity index (χ0) is 37.8. The molecule has 3 aromatic rings. The molecule has 53 heavy (non-hydrogen) atoms. The van der Waals surface area contributed by atoms with E-state index >= 15 is 0 Å². The number of benzene rings is 3. The molecule has 11 nitrogen and oxygen atoms in total. The summed E-state index contributed by atoms with van der Waals surface area (Å²) in [6, 6.07) is 19.1. The molecule has 3 saturated heterocycles. The highest BCUT2D eigenvalue weighted by molar-refractivity contribution is 6.42. The van der Waals surface area contributed by atoms with Crippen molar-refractivity contribution in [3.63, 3.8) is 0 Å². The van der Waals surface area contributed by atoms with Gasteiger partial charge in [0.1, 0.15) is 0 Å².